The third-order valence-corrected chi connectivity index (χ3v) is 3.24. The highest BCUT2D eigenvalue weighted by Crippen LogP contribution is 2.24. The van der Waals surface area contributed by atoms with E-state index in [9.17, 15) is 15.0 Å². The summed E-state index contributed by atoms with van der Waals surface area (Å²) in [6, 6.07) is 5.47. The summed E-state index contributed by atoms with van der Waals surface area (Å²) in [6.07, 6.45) is -0.147. The highest BCUT2D eigenvalue weighted by Gasteiger charge is 2.20. The molecule has 0 aromatic heterocycles. The van der Waals surface area contributed by atoms with Crippen LogP contribution >= 0.6 is 0 Å². The monoisotopic (exact) mass is 235 g/mol. The van der Waals surface area contributed by atoms with Gasteiger partial charge in [-0.05, 0) is 23.1 Å². The quantitative estimate of drug-likeness (QED) is 0.693. The van der Waals surface area contributed by atoms with Crippen LogP contribution in [0.4, 0.5) is 0 Å². The number of nitrogens with two attached hydrogens (primary N) is 1. The molecule has 0 radical (unpaired) electrons. The first-order chi connectivity index (χ1) is 8.11. The van der Waals surface area contributed by atoms with Crippen LogP contribution in [-0.4, -0.2) is 28.6 Å². The summed E-state index contributed by atoms with van der Waals surface area (Å²) in [6.45, 7) is 0.0245. The molecule has 4 heteroatoms. The average molecular weight is 235 g/mol. The second kappa shape index (κ2) is 4.96. The number of carbonyl (C=O) groups excluding carboxylic acids is 1. The van der Waals surface area contributed by atoms with E-state index in [2.05, 4.69) is 0 Å². The molecule has 0 fully saturated rings. The number of hydrogen-bond acceptors (Lipinski definition) is 4. The molecule has 17 heavy (non-hydrogen) atoms. The molecule has 0 spiro atoms. The molecular formula is C13H17NO3. The molecular weight excluding hydrogens is 218 g/mol. The van der Waals surface area contributed by atoms with Gasteiger partial charge in [0.15, 0.2) is 0 Å². The zero-order valence-electron chi connectivity index (χ0n) is 9.60. The third-order valence-electron chi connectivity index (χ3n) is 3.24. The van der Waals surface area contributed by atoms with E-state index < -0.39 is 12.2 Å². The number of fused-ring (bicyclic) bond motifs is 1. The Hall–Kier alpha value is -1.23. The molecule has 0 amide bonds. The predicted molar refractivity (Wildman–Crippen MR) is 63.5 cm³/mol. The van der Waals surface area contributed by atoms with E-state index in [-0.39, 0.29) is 12.3 Å². The molecule has 1 aromatic rings. The van der Waals surface area contributed by atoms with Gasteiger partial charge in [-0.2, -0.15) is 0 Å². The fraction of sp³-hybridized carbons (Fsp3) is 0.462. The van der Waals surface area contributed by atoms with Gasteiger partial charge in [0.25, 0.3) is 0 Å². The Morgan fingerprint density at radius 2 is 2.00 bits per heavy atom. The minimum atomic E-state index is -0.956. The topological polar surface area (TPSA) is 83.6 Å². The van der Waals surface area contributed by atoms with Crippen LogP contribution in [0.15, 0.2) is 18.2 Å². The highest BCUT2D eigenvalue weighted by molar-refractivity contribution is 5.83. The van der Waals surface area contributed by atoms with Crippen molar-refractivity contribution >= 4 is 5.78 Å². The molecule has 0 heterocycles. The Morgan fingerprint density at radius 1 is 1.24 bits per heavy atom. The molecule has 2 unspecified atom stereocenters. The van der Waals surface area contributed by atoms with Gasteiger partial charge in [0.05, 0.1) is 6.10 Å². The van der Waals surface area contributed by atoms with Crippen LogP contribution in [0.3, 0.4) is 0 Å². The normalized spacial score (nSPS) is 18.6. The second-order valence-corrected chi connectivity index (χ2v) is 4.49. The largest absolute Gasteiger partial charge is 0.389 e. The molecule has 0 bridgehead atoms. The van der Waals surface area contributed by atoms with Crippen molar-refractivity contribution in [3.05, 3.63) is 34.9 Å². The van der Waals surface area contributed by atoms with E-state index in [4.69, 9.17) is 5.73 Å². The van der Waals surface area contributed by atoms with Crippen LogP contribution in [0.25, 0.3) is 0 Å². The number of aliphatic hydroxyl groups excluding tert-OH is 2. The van der Waals surface area contributed by atoms with E-state index in [1.165, 1.54) is 0 Å². The van der Waals surface area contributed by atoms with Crippen LogP contribution in [-0.2, 0) is 17.6 Å². The summed E-state index contributed by atoms with van der Waals surface area (Å²) in [5.41, 5.74) is 8.09. The number of carbonyl (C=O) groups is 1. The number of ketones is 1. The maximum absolute atomic E-state index is 11.3. The van der Waals surface area contributed by atoms with Gasteiger partial charge in [-0.3, -0.25) is 4.79 Å². The SMILES string of the molecule is NCC(O)C(O)c1ccc2c(c1)CCC(=O)C2. The number of benzene rings is 1. The lowest BCUT2D eigenvalue weighted by Crippen LogP contribution is -2.27. The molecule has 4 N–H and O–H groups in total. The molecule has 0 aliphatic heterocycles. The van der Waals surface area contributed by atoms with Crippen LogP contribution in [0, 0.1) is 0 Å². The zero-order chi connectivity index (χ0) is 12.4. The molecule has 4 nitrogen and oxygen atoms in total. The smallest absolute Gasteiger partial charge is 0.137 e. The van der Waals surface area contributed by atoms with E-state index in [1.807, 2.05) is 12.1 Å². The van der Waals surface area contributed by atoms with Gasteiger partial charge < -0.3 is 15.9 Å². The van der Waals surface area contributed by atoms with Gasteiger partial charge in [0.2, 0.25) is 0 Å². The van der Waals surface area contributed by atoms with Crippen molar-refractivity contribution in [2.75, 3.05) is 6.54 Å². The van der Waals surface area contributed by atoms with Gasteiger partial charge in [-0.25, -0.2) is 0 Å². The molecule has 2 atom stereocenters. The van der Waals surface area contributed by atoms with Crippen molar-refractivity contribution in [2.45, 2.75) is 31.5 Å². The van der Waals surface area contributed by atoms with E-state index >= 15 is 0 Å². The average Bonchev–Trinajstić information content (AvgIpc) is 2.36. The minimum absolute atomic E-state index is 0.0245. The van der Waals surface area contributed by atoms with Crippen LogP contribution in [0.1, 0.15) is 29.2 Å². The first-order valence-corrected chi connectivity index (χ1v) is 5.81. The lowest BCUT2D eigenvalue weighted by Gasteiger charge is -2.20. The standard InChI is InChI=1S/C13H17NO3/c14-7-12(16)13(17)10-2-1-9-6-11(15)4-3-8(9)5-10/h1-2,5,12-13,16-17H,3-4,6-7,14H2. The van der Waals surface area contributed by atoms with Gasteiger partial charge in [-0.15, -0.1) is 0 Å². The van der Waals surface area contributed by atoms with Crippen molar-refractivity contribution in [3.63, 3.8) is 0 Å². The molecule has 0 saturated heterocycles. The molecule has 2 rings (SSSR count). The van der Waals surface area contributed by atoms with E-state index in [0.717, 1.165) is 11.1 Å². The second-order valence-electron chi connectivity index (χ2n) is 4.49. The maximum Gasteiger partial charge on any atom is 0.137 e. The van der Waals surface area contributed by atoms with E-state index in [1.54, 1.807) is 6.07 Å². The summed E-state index contributed by atoms with van der Waals surface area (Å²) in [5, 5.41) is 19.3. The third kappa shape index (κ3) is 2.54. The van der Waals surface area contributed by atoms with Crippen molar-refractivity contribution in [3.8, 4) is 0 Å². The van der Waals surface area contributed by atoms with E-state index in [0.29, 0.717) is 24.8 Å². The summed E-state index contributed by atoms with van der Waals surface area (Å²) >= 11 is 0. The van der Waals surface area contributed by atoms with Crippen molar-refractivity contribution in [1.82, 2.24) is 0 Å². The minimum Gasteiger partial charge on any atom is -0.389 e. The number of aryl methyl sites for hydroxylation is 1. The van der Waals surface area contributed by atoms with Crippen LogP contribution < -0.4 is 5.73 Å². The van der Waals surface area contributed by atoms with Gasteiger partial charge >= 0.3 is 0 Å². The molecule has 1 aliphatic carbocycles. The fourth-order valence-corrected chi connectivity index (χ4v) is 2.16. The number of hydrogen-bond donors (Lipinski definition) is 3. The Bertz CT molecular complexity index is 431. The molecule has 1 aliphatic rings. The molecule has 0 saturated carbocycles. The lowest BCUT2D eigenvalue weighted by atomic mass is 9.88. The predicted octanol–water partition coefficient (Wildman–Crippen LogP) is 0.0974. The number of Topliss-reactive ketones (excluding diaryl/α,β-unsaturated/α-hetero) is 1. The summed E-state index contributed by atoms with van der Waals surface area (Å²) in [5.74, 6) is 0.257. The van der Waals surface area contributed by atoms with Gasteiger partial charge in [0, 0.05) is 19.4 Å². The number of rotatable bonds is 3. The highest BCUT2D eigenvalue weighted by atomic mass is 16.3. The molecule has 92 valence electrons. The lowest BCUT2D eigenvalue weighted by molar-refractivity contribution is -0.118. The first kappa shape index (κ1) is 12.2. The van der Waals surface area contributed by atoms with Crippen molar-refractivity contribution in [1.29, 1.82) is 0 Å². The molecule has 1 aromatic carbocycles. The Labute approximate surface area is 100 Å². The van der Waals surface area contributed by atoms with Crippen molar-refractivity contribution in [2.24, 2.45) is 5.73 Å². The Balaban J connectivity index is 2.24. The first-order valence-electron chi connectivity index (χ1n) is 5.81. The summed E-state index contributed by atoms with van der Waals surface area (Å²) in [7, 11) is 0. The zero-order valence-corrected chi connectivity index (χ0v) is 9.60. The van der Waals surface area contributed by atoms with Crippen molar-refractivity contribution < 1.29 is 15.0 Å². The fourth-order valence-electron chi connectivity index (χ4n) is 2.16. The maximum atomic E-state index is 11.3. The van der Waals surface area contributed by atoms with Gasteiger partial charge in [-0.1, -0.05) is 18.2 Å². The summed E-state index contributed by atoms with van der Waals surface area (Å²) in [4.78, 5) is 11.3. The Kier molecular flexibility index (Phi) is 3.57. The van der Waals surface area contributed by atoms with Crippen LogP contribution in [0.5, 0.6) is 0 Å². The number of aliphatic hydroxyl groups is 2. The van der Waals surface area contributed by atoms with Crippen LogP contribution in [0.2, 0.25) is 0 Å². The Morgan fingerprint density at radius 3 is 2.71 bits per heavy atom. The summed E-state index contributed by atoms with van der Waals surface area (Å²) < 4.78 is 0. The van der Waals surface area contributed by atoms with Gasteiger partial charge in [0.1, 0.15) is 11.9 Å².